The molecule has 0 bridgehead atoms. The van der Waals surface area contributed by atoms with E-state index < -0.39 is 0 Å². The van der Waals surface area contributed by atoms with Gasteiger partial charge in [-0.25, -0.2) is 4.39 Å². The molecule has 0 aliphatic heterocycles. The van der Waals surface area contributed by atoms with E-state index in [-0.39, 0.29) is 0 Å². The van der Waals surface area contributed by atoms with E-state index in [1.54, 1.807) is 6.08 Å². The molecule has 0 amide bonds. The van der Waals surface area contributed by atoms with Gasteiger partial charge in [-0.3, -0.25) is 0 Å². The minimum absolute atomic E-state index is 0.720. The van der Waals surface area contributed by atoms with Gasteiger partial charge in [-0.15, -0.1) is 0 Å². The molecule has 0 atom stereocenters. The Morgan fingerprint density at radius 1 is 0.833 bits per heavy atom. The first-order valence-electron chi connectivity index (χ1n) is 8.08. The van der Waals surface area contributed by atoms with E-state index in [9.17, 15) is 4.39 Å². The van der Waals surface area contributed by atoms with Gasteiger partial charge in [0.15, 0.2) is 0 Å². The van der Waals surface area contributed by atoms with E-state index >= 15 is 0 Å². The average molecular weight is 252 g/mol. The Kier molecular flexibility index (Phi) is 5.72. The van der Waals surface area contributed by atoms with Crippen LogP contribution < -0.4 is 0 Å². The molecule has 0 radical (unpaired) electrons. The van der Waals surface area contributed by atoms with Crippen molar-refractivity contribution in [2.24, 2.45) is 23.7 Å². The second kappa shape index (κ2) is 7.31. The lowest BCUT2D eigenvalue weighted by Crippen LogP contribution is -2.25. The summed E-state index contributed by atoms with van der Waals surface area (Å²) in [6, 6.07) is 0. The van der Waals surface area contributed by atoms with Crippen molar-refractivity contribution in [2.75, 3.05) is 0 Å². The van der Waals surface area contributed by atoms with Crippen LogP contribution in [0.25, 0.3) is 0 Å². The van der Waals surface area contributed by atoms with Crippen LogP contribution in [0.3, 0.4) is 0 Å². The fourth-order valence-electron chi connectivity index (χ4n) is 4.21. The minimum Gasteiger partial charge on any atom is -0.216 e. The molecule has 2 aliphatic rings. The van der Waals surface area contributed by atoms with E-state index in [2.05, 4.69) is 6.92 Å². The quantitative estimate of drug-likeness (QED) is 0.586. The van der Waals surface area contributed by atoms with Crippen molar-refractivity contribution in [1.29, 1.82) is 0 Å². The van der Waals surface area contributed by atoms with Gasteiger partial charge in [0.1, 0.15) is 0 Å². The summed E-state index contributed by atoms with van der Waals surface area (Å²) in [4.78, 5) is 0. The van der Waals surface area contributed by atoms with E-state index in [1.807, 2.05) is 0 Å². The largest absolute Gasteiger partial charge is 0.216 e. The molecule has 0 saturated heterocycles. The van der Waals surface area contributed by atoms with Gasteiger partial charge >= 0.3 is 0 Å². The molecule has 0 unspecified atom stereocenters. The number of hydrogen-bond donors (Lipinski definition) is 0. The highest BCUT2D eigenvalue weighted by Crippen LogP contribution is 2.42. The molecule has 18 heavy (non-hydrogen) atoms. The molecule has 2 rings (SSSR count). The molecule has 1 heteroatoms. The third kappa shape index (κ3) is 3.83. The zero-order valence-electron chi connectivity index (χ0n) is 11.9. The maximum absolute atomic E-state index is 12.0. The normalized spacial score (nSPS) is 38.1. The van der Waals surface area contributed by atoms with Crippen molar-refractivity contribution >= 4 is 0 Å². The van der Waals surface area contributed by atoms with Gasteiger partial charge in [-0.05, 0) is 68.6 Å². The molecule has 0 aromatic heterocycles. The molecule has 104 valence electrons. The van der Waals surface area contributed by atoms with Crippen molar-refractivity contribution in [1.82, 2.24) is 0 Å². The summed E-state index contributed by atoms with van der Waals surface area (Å²) in [7, 11) is 0. The van der Waals surface area contributed by atoms with Crippen LogP contribution >= 0.6 is 0 Å². The first-order chi connectivity index (χ1) is 8.83. The predicted molar refractivity (Wildman–Crippen MR) is 76.1 cm³/mol. The van der Waals surface area contributed by atoms with Crippen LogP contribution in [-0.4, -0.2) is 0 Å². The van der Waals surface area contributed by atoms with Crippen LogP contribution in [-0.2, 0) is 0 Å². The first-order valence-corrected chi connectivity index (χ1v) is 8.08. The molecule has 0 nitrogen and oxygen atoms in total. The van der Waals surface area contributed by atoms with Crippen molar-refractivity contribution in [3.8, 4) is 0 Å². The highest BCUT2D eigenvalue weighted by Gasteiger charge is 2.29. The maximum Gasteiger partial charge on any atom is 0.0827 e. The standard InChI is InChI=1S/C17H29F/c1-2-14-5-9-16(10-6-14)17-11-7-15(8-12-17)4-3-13-18/h3,13-17H,2,4-12H2,1H3/b13-3+/t14-,15-,16-,17-. The fourth-order valence-corrected chi connectivity index (χ4v) is 4.21. The van der Waals surface area contributed by atoms with E-state index in [1.165, 1.54) is 57.8 Å². The van der Waals surface area contributed by atoms with Gasteiger partial charge < -0.3 is 0 Å². The number of rotatable bonds is 4. The zero-order valence-corrected chi connectivity index (χ0v) is 11.9. The molecule has 0 N–H and O–H groups in total. The second-order valence-electron chi connectivity index (χ2n) is 6.57. The van der Waals surface area contributed by atoms with Crippen LogP contribution in [0.4, 0.5) is 4.39 Å². The zero-order chi connectivity index (χ0) is 12.8. The third-order valence-corrected chi connectivity index (χ3v) is 5.59. The third-order valence-electron chi connectivity index (χ3n) is 5.59. The Morgan fingerprint density at radius 3 is 1.78 bits per heavy atom. The van der Waals surface area contributed by atoms with Crippen LogP contribution in [0, 0.1) is 23.7 Å². The van der Waals surface area contributed by atoms with E-state index in [4.69, 9.17) is 0 Å². The highest BCUT2D eigenvalue weighted by atomic mass is 19.1. The summed E-state index contributed by atoms with van der Waals surface area (Å²) in [5.41, 5.74) is 0. The first kappa shape index (κ1) is 14.1. The molecule has 0 spiro atoms. The van der Waals surface area contributed by atoms with Gasteiger partial charge in [-0.2, -0.15) is 0 Å². The number of halogens is 1. The topological polar surface area (TPSA) is 0 Å². The Bertz CT molecular complexity index is 242. The average Bonchev–Trinajstić information content (AvgIpc) is 2.46. The fraction of sp³-hybridized carbons (Fsp3) is 0.882. The van der Waals surface area contributed by atoms with Crippen LogP contribution in [0.2, 0.25) is 0 Å². The van der Waals surface area contributed by atoms with Crippen LogP contribution in [0.5, 0.6) is 0 Å². The summed E-state index contributed by atoms with van der Waals surface area (Å²) in [6.45, 7) is 2.34. The van der Waals surface area contributed by atoms with E-state index in [0.717, 1.165) is 36.4 Å². The maximum atomic E-state index is 12.0. The second-order valence-corrected chi connectivity index (χ2v) is 6.57. The van der Waals surface area contributed by atoms with Gasteiger partial charge in [0.05, 0.1) is 6.33 Å². The molecular weight excluding hydrogens is 223 g/mol. The molecule has 0 aromatic rings. The van der Waals surface area contributed by atoms with E-state index in [0.29, 0.717) is 0 Å². The Morgan fingerprint density at radius 2 is 1.33 bits per heavy atom. The van der Waals surface area contributed by atoms with Gasteiger partial charge in [0, 0.05) is 0 Å². The van der Waals surface area contributed by atoms with Gasteiger partial charge in [-0.1, -0.05) is 32.3 Å². The lowest BCUT2D eigenvalue weighted by atomic mass is 9.68. The molecule has 2 fully saturated rings. The van der Waals surface area contributed by atoms with Crippen molar-refractivity contribution in [2.45, 2.75) is 71.1 Å². The Hall–Kier alpha value is -0.330. The Labute approximate surface area is 112 Å². The molecule has 0 aromatic carbocycles. The van der Waals surface area contributed by atoms with Crippen LogP contribution in [0.15, 0.2) is 12.4 Å². The molecule has 2 saturated carbocycles. The lowest BCUT2D eigenvalue weighted by Gasteiger charge is -2.37. The summed E-state index contributed by atoms with van der Waals surface area (Å²) in [6.07, 6.45) is 16.2. The number of hydrogen-bond acceptors (Lipinski definition) is 0. The molecular formula is C17H29F. The summed E-state index contributed by atoms with van der Waals surface area (Å²) in [5.74, 6) is 3.80. The summed E-state index contributed by atoms with van der Waals surface area (Å²) >= 11 is 0. The highest BCUT2D eigenvalue weighted by molar-refractivity contribution is 4.84. The SMILES string of the molecule is CC[C@H]1CC[C@H]([C@H]2CC[C@H](C/C=C/F)CC2)CC1. The van der Waals surface area contributed by atoms with Crippen molar-refractivity contribution in [3.05, 3.63) is 12.4 Å². The van der Waals surface area contributed by atoms with Gasteiger partial charge in [0.25, 0.3) is 0 Å². The van der Waals surface area contributed by atoms with Crippen molar-refractivity contribution < 1.29 is 4.39 Å². The summed E-state index contributed by atoms with van der Waals surface area (Å²) < 4.78 is 12.0. The molecule has 2 aliphatic carbocycles. The smallest absolute Gasteiger partial charge is 0.0827 e. The monoisotopic (exact) mass is 252 g/mol. The van der Waals surface area contributed by atoms with Crippen molar-refractivity contribution in [3.63, 3.8) is 0 Å². The lowest BCUT2D eigenvalue weighted by molar-refractivity contribution is 0.145. The Balaban J connectivity index is 1.70. The molecule has 0 heterocycles. The van der Waals surface area contributed by atoms with Crippen LogP contribution in [0.1, 0.15) is 71.1 Å². The summed E-state index contributed by atoms with van der Waals surface area (Å²) in [5, 5.41) is 0. The van der Waals surface area contributed by atoms with Gasteiger partial charge in [0.2, 0.25) is 0 Å². The minimum atomic E-state index is 0.720. The predicted octanol–water partition coefficient (Wildman–Crippen LogP) is 5.88. The number of allylic oxidation sites excluding steroid dienone is 1.